The summed E-state index contributed by atoms with van der Waals surface area (Å²) in [6.45, 7) is 16.5. The SMILES string of the molecule is CC1C2C=C(C(C)(C)C)C=CC2C2C(c3ccccc3)=CC(C(C)(C)C)=CC12. The maximum atomic E-state index is 2.62. The van der Waals surface area contributed by atoms with Gasteiger partial charge in [0.25, 0.3) is 0 Å². The highest BCUT2D eigenvalue weighted by Gasteiger charge is 2.49. The maximum Gasteiger partial charge on any atom is -0.00212 e. The first-order valence-corrected chi connectivity index (χ1v) is 11.0. The number of fused-ring (bicyclic) bond motifs is 3. The summed E-state index contributed by atoms with van der Waals surface area (Å²) < 4.78 is 0. The van der Waals surface area contributed by atoms with Gasteiger partial charge in [0.1, 0.15) is 0 Å². The minimum atomic E-state index is 0.181. The molecule has 0 heteroatoms. The predicted octanol–water partition coefficient (Wildman–Crippen LogP) is 7.71. The predicted molar refractivity (Wildman–Crippen MR) is 122 cm³/mol. The van der Waals surface area contributed by atoms with Gasteiger partial charge in [0.15, 0.2) is 0 Å². The monoisotopic (exact) mass is 372 g/mol. The molecular weight excluding hydrogens is 336 g/mol. The molecule has 0 bridgehead atoms. The van der Waals surface area contributed by atoms with Gasteiger partial charge < -0.3 is 0 Å². The second-order valence-corrected chi connectivity index (χ2v) is 11.2. The minimum absolute atomic E-state index is 0.181. The summed E-state index contributed by atoms with van der Waals surface area (Å²) in [4.78, 5) is 0. The molecule has 0 spiro atoms. The number of allylic oxidation sites excluding steroid dienone is 8. The molecule has 0 radical (unpaired) electrons. The molecule has 5 atom stereocenters. The van der Waals surface area contributed by atoms with Crippen LogP contribution in [0, 0.1) is 40.4 Å². The average molecular weight is 373 g/mol. The van der Waals surface area contributed by atoms with Crippen molar-refractivity contribution in [3.05, 3.63) is 77.4 Å². The lowest BCUT2D eigenvalue weighted by Crippen LogP contribution is -2.24. The maximum absolute atomic E-state index is 2.62. The standard InChI is InChI=1S/C28H36/c1-18-23-15-20(27(2,3)4)13-14-22(23)26-24(18)16-21(28(5,6)7)17-25(26)19-11-9-8-10-12-19/h8-18,22-24,26H,1-7H3. The fraction of sp³-hybridized carbons (Fsp3) is 0.500. The average Bonchev–Trinajstić information content (AvgIpc) is 2.93. The Bertz CT molecular complexity index is 861. The molecule has 5 unspecified atom stereocenters. The van der Waals surface area contributed by atoms with Gasteiger partial charge in [0, 0.05) is 0 Å². The molecule has 0 aromatic heterocycles. The van der Waals surface area contributed by atoms with Crippen molar-refractivity contribution in [2.75, 3.05) is 0 Å². The van der Waals surface area contributed by atoms with Crippen molar-refractivity contribution in [2.24, 2.45) is 40.4 Å². The topological polar surface area (TPSA) is 0 Å². The summed E-state index contributed by atoms with van der Waals surface area (Å²) in [5.41, 5.74) is 6.36. The van der Waals surface area contributed by atoms with Crippen LogP contribution < -0.4 is 0 Å². The molecular formula is C28H36. The van der Waals surface area contributed by atoms with Gasteiger partial charge in [-0.3, -0.25) is 0 Å². The molecule has 0 nitrogen and oxygen atoms in total. The summed E-state index contributed by atoms with van der Waals surface area (Å²) in [6, 6.07) is 11.1. The Morgan fingerprint density at radius 1 is 0.714 bits per heavy atom. The van der Waals surface area contributed by atoms with E-state index in [1.165, 1.54) is 16.7 Å². The van der Waals surface area contributed by atoms with Crippen LogP contribution in [-0.2, 0) is 0 Å². The van der Waals surface area contributed by atoms with E-state index >= 15 is 0 Å². The zero-order valence-corrected chi connectivity index (χ0v) is 18.7. The summed E-state index contributed by atoms with van der Waals surface area (Å²) in [5, 5.41) is 0. The number of benzene rings is 1. The molecule has 28 heavy (non-hydrogen) atoms. The number of hydrogen-bond donors (Lipinski definition) is 0. The van der Waals surface area contributed by atoms with Crippen LogP contribution in [0.1, 0.15) is 54.0 Å². The van der Waals surface area contributed by atoms with E-state index in [0.29, 0.717) is 29.6 Å². The van der Waals surface area contributed by atoms with Crippen LogP contribution in [0.2, 0.25) is 0 Å². The fourth-order valence-corrected chi connectivity index (χ4v) is 5.48. The van der Waals surface area contributed by atoms with E-state index in [1.54, 1.807) is 5.57 Å². The van der Waals surface area contributed by atoms with E-state index in [2.05, 4.69) is 109 Å². The lowest BCUT2D eigenvalue weighted by atomic mass is 9.69. The molecule has 1 saturated carbocycles. The van der Waals surface area contributed by atoms with Crippen LogP contribution in [0.3, 0.4) is 0 Å². The van der Waals surface area contributed by atoms with Crippen LogP contribution in [0.4, 0.5) is 0 Å². The summed E-state index contributed by atoms with van der Waals surface area (Å²) in [6.07, 6.45) is 12.7. The largest absolute Gasteiger partial charge is 0.0799 e. The van der Waals surface area contributed by atoms with Crippen molar-refractivity contribution >= 4 is 5.57 Å². The normalized spacial score (nSPS) is 32.2. The van der Waals surface area contributed by atoms with Crippen LogP contribution in [0.5, 0.6) is 0 Å². The second-order valence-electron chi connectivity index (χ2n) is 11.2. The molecule has 3 aliphatic rings. The molecule has 4 rings (SSSR count). The summed E-state index contributed by atoms with van der Waals surface area (Å²) >= 11 is 0. The molecule has 0 saturated heterocycles. The van der Waals surface area contributed by atoms with E-state index in [1.807, 2.05) is 0 Å². The highest BCUT2D eigenvalue weighted by Crippen LogP contribution is 2.58. The molecule has 1 aromatic carbocycles. The van der Waals surface area contributed by atoms with Crippen LogP contribution in [0.25, 0.3) is 5.57 Å². The van der Waals surface area contributed by atoms with Gasteiger partial charge in [-0.1, -0.05) is 109 Å². The van der Waals surface area contributed by atoms with Crippen molar-refractivity contribution < 1.29 is 0 Å². The smallest absolute Gasteiger partial charge is 0.00212 e. The third kappa shape index (κ3) is 3.25. The van der Waals surface area contributed by atoms with Gasteiger partial charge in [-0.15, -0.1) is 0 Å². The molecule has 0 aliphatic heterocycles. The van der Waals surface area contributed by atoms with Crippen LogP contribution in [0.15, 0.2) is 71.9 Å². The Morgan fingerprint density at radius 2 is 1.32 bits per heavy atom. The molecule has 0 heterocycles. The van der Waals surface area contributed by atoms with Gasteiger partial charge in [0.2, 0.25) is 0 Å². The van der Waals surface area contributed by atoms with E-state index < -0.39 is 0 Å². The zero-order valence-electron chi connectivity index (χ0n) is 18.7. The van der Waals surface area contributed by atoms with Crippen LogP contribution >= 0.6 is 0 Å². The van der Waals surface area contributed by atoms with Gasteiger partial charge in [-0.25, -0.2) is 0 Å². The zero-order chi connectivity index (χ0) is 20.3. The van der Waals surface area contributed by atoms with Crippen molar-refractivity contribution in [1.82, 2.24) is 0 Å². The molecule has 0 amide bonds. The third-order valence-electron chi connectivity index (χ3n) is 7.24. The quantitative estimate of drug-likeness (QED) is 0.473. The highest BCUT2D eigenvalue weighted by molar-refractivity contribution is 5.74. The third-order valence-corrected chi connectivity index (χ3v) is 7.24. The van der Waals surface area contributed by atoms with E-state index in [-0.39, 0.29) is 10.8 Å². The van der Waals surface area contributed by atoms with Gasteiger partial charge in [-0.05, 0) is 62.7 Å². The molecule has 3 aliphatic carbocycles. The molecule has 148 valence electrons. The van der Waals surface area contributed by atoms with Crippen molar-refractivity contribution in [1.29, 1.82) is 0 Å². The van der Waals surface area contributed by atoms with E-state index in [0.717, 1.165) is 0 Å². The summed E-state index contributed by atoms with van der Waals surface area (Å²) in [7, 11) is 0. The highest BCUT2D eigenvalue weighted by atomic mass is 14.5. The van der Waals surface area contributed by atoms with Crippen molar-refractivity contribution in [3.8, 4) is 0 Å². The number of hydrogen-bond acceptors (Lipinski definition) is 0. The first kappa shape index (κ1) is 19.5. The Morgan fingerprint density at radius 3 is 1.93 bits per heavy atom. The first-order valence-electron chi connectivity index (χ1n) is 11.0. The van der Waals surface area contributed by atoms with Crippen molar-refractivity contribution in [2.45, 2.75) is 48.5 Å². The van der Waals surface area contributed by atoms with Crippen LogP contribution in [-0.4, -0.2) is 0 Å². The van der Waals surface area contributed by atoms with Crippen molar-refractivity contribution in [3.63, 3.8) is 0 Å². The summed E-state index contributed by atoms with van der Waals surface area (Å²) in [5.74, 6) is 3.11. The van der Waals surface area contributed by atoms with Gasteiger partial charge in [0.05, 0.1) is 0 Å². The lowest BCUT2D eigenvalue weighted by Gasteiger charge is -2.35. The lowest BCUT2D eigenvalue weighted by molar-refractivity contribution is 0.398. The Labute approximate surface area is 172 Å². The van der Waals surface area contributed by atoms with Gasteiger partial charge >= 0.3 is 0 Å². The second kappa shape index (κ2) is 6.61. The first-order chi connectivity index (χ1) is 13.1. The molecule has 1 fully saturated rings. The van der Waals surface area contributed by atoms with E-state index in [4.69, 9.17) is 0 Å². The minimum Gasteiger partial charge on any atom is -0.0799 e. The van der Waals surface area contributed by atoms with Gasteiger partial charge in [-0.2, -0.15) is 0 Å². The number of rotatable bonds is 1. The van der Waals surface area contributed by atoms with E-state index in [9.17, 15) is 0 Å². The molecule has 0 N–H and O–H groups in total. The Balaban J connectivity index is 1.82. The Kier molecular flexibility index (Phi) is 4.60. The fourth-order valence-electron chi connectivity index (χ4n) is 5.48. The molecule has 1 aromatic rings. The Hall–Kier alpha value is -1.82.